The zero-order chi connectivity index (χ0) is 16.1. The van der Waals surface area contributed by atoms with E-state index in [1.807, 2.05) is 0 Å². The van der Waals surface area contributed by atoms with Crippen LogP contribution in [0.1, 0.15) is 19.3 Å². The largest absolute Gasteiger partial charge is 0.465 e. The molecule has 1 aromatic carbocycles. The Hall–Kier alpha value is -2.48. The van der Waals surface area contributed by atoms with Crippen molar-refractivity contribution in [2.24, 2.45) is 0 Å². The lowest BCUT2D eigenvalue weighted by molar-refractivity contribution is -0.0493. The van der Waals surface area contributed by atoms with Gasteiger partial charge in [0.25, 0.3) is 5.91 Å². The molecule has 1 amide bonds. The average molecular weight is 327 g/mol. The van der Waals surface area contributed by atoms with Crippen molar-refractivity contribution >= 4 is 28.9 Å². The molecule has 5 nitrogen and oxygen atoms in total. The van der Waals surface area contributed by atoms with Crippen LogP contribution in [0.15, 0.2) is 36.4 Å². The molecule has 0 aliphatic carbocycles. The quantitative estimate of drug-likeness (QED) is 0.855. The van der Waals surface area contributed by atoms with Gasteiger partial charge in [0, 0.05) is 0 Å². The molecular formula is C14H11F2NO4S. The van der Waals surface area contributed by atoms with Gasteiger partial charge in [-0.1, -0.05) is 12.1 Å². The van der Waals surface area contributed by atoms with Crippen LogP contribution in [0.2, 0.25) is 0 Å². The molecule has 0 saturated heterocycles. The van der Waals surface area contributed by atoms with Gasteiger partial charge < -0.3 is 14.8 Å². The first-order chi connectivity index (χ1) is 10.5. The van der Waals surface area contributed by atoms with Gasteiger partial charge in [0.1, 0.15) is 10.6 Å². The fourth-order valence-corrected chi connectivity index (χ4v) is 2.44. The lowest BCUT2D eigenvalue weighted by Gasteiger charge is -2.10. The number of ether oxygens (including phenoxy) is 2. The number of rotatable bonds is 5. The Bertz CT molecular complexity index is 687. The zero-order valence-electron chi connectivity index (χ0n) is 11.3. The maximum atomic E-state index is 12.3. The van der Waals surface area contributed by atoms with E-state index in [-0.39, 0.29) is 21.2 Å². The maximum absolute atomic E-state index is 12.3. The second kappa shape index (κ2) is 6.99. The molecule has 0 saturated carbocycles. The molecule has 0 aliphatic heterocycles. The highest BCUT2D eigenvalue weighted by molar-refractivity contribution is 7.16. The number of carbonyl (C=O) groups is 2. The number of amides is 1. The second-order valence-corrected chi connectivity index (χ2v) is 5.07. The summed E-state index contributed by atoms with van der Waals surface area (Å²) in [5.41, 5.74) is 0.112. The van der Waals surface area contributed by atoms with Gasteiger partial charge in [0.15, 0.2) is 0 Å². The van der Waals surface area contributed by atoms with Gasteiger partial charge in [0.05, 0.1) is 17.7 Å². The molecule has 0 bridgehead atoms. The van der Waals surface area contributed by atoms with E-state index in [9.17, 15) is 18.4 Å². The monoisotopic (exact) mass is 327 g/mol. The summed E-state index contributed by atoms with van der Waals surface area (Å²) in [6, 6.07) is 8.73. The third kappa shape index (κ3) is 3.79. The van der Waals surface area contributed by atoms with E-state index in [1.54, 1.807) is 6.07 Å². The fourth-order valence-electron chi connectivity index (χ4n) is 1.62. The van der Waals surface area contributed by atoms with Crippen LogP contribution in [0.4, 0.5) is 14.5 Å². The number of methoxy groups -OCH3 is 1. The first kappa shape index (κ1) is 15.9. The van der Waals surface area contributed by atoms with E-state index in [0.29, 0.717) is 0 Å². The van der Waals surface area contributed by atoms with Crippen molar-refractivity contribution < 1.29 is 27.8 Å². The fraction of sp³-hybridized carbons (Fsp3) is 0.143. The molecule has 8 heteroatoms. The van der Waals surface area contributed by atoms with Crippen LogP contribution in [0.3, 0.4) is 0 Å². The van der Waals surface area contributed by atoms with Crippen molar-refractivity contribution in [2.75, 3.05) is 12.4 Å². The van der Waals surface area contributed by atoms with Crippen molar-refractivity contribution in [3.8, 4) is 5.75 Å². The molecule has 0 atom stereocenters. The minimum absolute atomic E-state index is 0.112. The summed E-state index contributed by atoms with van der Waals surface area (Å²) < 4.78 is 33.5. The molecule has 0 fully saturated rings. The van der Waals surface area contributed by atoms with E-state index in [0.717, 1.165) is 11.3 Å². The van der Waals surface area contributed by atoms with Crippen molar-refractivity contribution in [1.29, 1.82) is 0 Å². The highest BCUT2D eigenvalue weighted by Gasteiger charge is 2.16. The number of hydrogen-bond donors (Lipinski definition) is 1. The SMILES string of the molecule is COC(=O)c1ccc(C(=O)Nc2ccccc2OC(F)F)s1. The molecule has 0 aliphatic rings. The lowest BCUT2D eigenvalue weighted by Crippen LogP contribution is -2.12. The number of hydrogen-bond acceptors (Lipinski definition) is 5. The summed E-state index contributed by atoms with van der Waals surface area (Å²) in [6.45, 7) is -2.99. The summed E-state index contributed by atoms with van der Waals surface area (Å²) >= 11 is 0.937. The molecular weight excluding hydrogens is 316 g/mol. The molecule has 0 unspecified atom stereocenters. The normalized spacial score (nSPS) is 10.4. The van der Waals surface area contributed by atoms with Gasteiger partial charge in [-0.25, -0.2) is 4.79 Å². The maximum Gasteiger partial charge on any atom is 0.387 e. The minimum Gasteiger partial charge on any atom is -0.465 e. The summed E-state index contributed by atoms with van der Waals surface area (Å²) in [7, 11) is 1.24. The minimum atomic E-state index is -2.99. The van der Waals surface area contributed by atoms with Gasteiger partial charge in [-0.2, -0.15) is 8.78 Å². The Morgan fingerprint density at radius 3 is 2.50 bits per heavy atom. The number of esters is 1. The van der Waals surface area contributed by atoms with Gasteiger partial charge in [-0.05, 0) is 24.3 Å². The lowest BCUT2D eigenvalue weighted by atomic mass is 10.3. The van der Waals surface area contributed by atoms with Crippen LogP contribution in [0, 0.1) is 0 Å². The molecule has 1 N–H and O–H groups in total. The zero-order valence-corrected chi connectivity index (χ0v) is 12.2. The summed E-state index contributed by atoms with van der Waals surface area (Å²) in [4.78, 5) is 23.9. The van der Waals surface area contributed by atoms with Crippen LogP contribution in [-0.4, -0.2) is 25.6 Å². The Morgan fingerprint density at radius 2 is 1.82 bits per heavy atom. The van der Waals surface area contributed by atoms with Crippen LogP contribution in [0.25, 0.3) is 0 Å². The number of benzene rings is 1. The first-order valence-electron chi connectivity index (χ1n) is 6.04. The van der Waals surface area contributed by atoms with E-state index >= 15 is 0 Å². The number of para-hydroxylation sites is 2. The number of alkyl halides is 2. The summed E-state index contributed by atoms with van der Waals surface area (Å²) in [6.07, 6.45) is 0. The van der Waals surface area contributed by atoms with Gasteiger partial charge >= 0.3 is 12.6 Å². The van der Waals surface area contributed by atoms with E-state index in [2.05, 4.69) is 14.8 Å². The third-order valence-electron chi connectivity index (χ3n) is 2.57. The molecule has 2 rings (SSSR count). The Kier molecular flexibility index (Phi) is 5.05. The van der Waals surface area contributed by atoms with Crippen molar-refractivity contribution in [2.45, 2.75) is 6.61 Å². The highest BCUT2D eigenvalue weighted by atomic mass is 32.1. The topological polar surface area (TPSA) is 64.6 Å². The molecule has 0 radical (unpaired) electrons. The van der Waals surface area contributed by atoms with Crippen LogP contribution in [-0.2, 0) is 4.74 Å². The first-order valence-corrected chi connectivity index (χ1v) is 6.86. The standard InChI is InChI=1S/C14H11F2NO4S/c1-20-13(19)11-7-6-10(22-11)12(18)17-8-4-2-3-5-9(8)21-14(15)16/h2-7,14H,1H3,(H,17,18). The van der Waals surface area contributed by atoms with Gasteiger partial charge in [-0.3, -0.25) is 4.79 Å². The number of thiophene rings is 1. The molecule has 2 aromatic rings. The van der Waals surface area contributed by atoms with E-state index in [4.69, 9.17) is 0 Å². The molecule has 1 heterocycles. The molecule has 22 heavy (non-hydrogen) atoms. The molecule has 0 spiro atoms. The van der Waals surface area contributed by atoms with Gasteiger partial charge in [0.2, 0.25) is 0 Å². The number of halogens is 2. The number of anilines is 1. The molecule has 116 valence electrons. The predicted molar refractivity (Wildman–Crippen MR) is 76.7 cm³/mol. The van der Waals surface area contributed by atoms with Crippen LogP contribution in [0.5, 0.6) is 5.75 Å². The van der Waals surface area contributed by atoms with E-state index < -0.39 is 18.5 Å². The number of carbonyl (C=O) groups excluding carboxylic acids is 2. The summed E-state index contributed by atoms with van der Waals surface area (Å²) in [5.74, 6) is -1.23. The Morgan fingerprint density at radius 1 is 1.14 bits per heavy atom. The second-order valence-electron chi connectivity index (χ2n) is 3.98. The van der Waals surface area contributed by atoms with Gasteiger partial charge in [-0.15, -0.1) is 11.3 Å². The van der Waals surface area contributed by atoms with Crippen molar-refractivity contribution in [3.05, 3.63) is 46.2 Å². The average Bonchev–Trinajstić information content (AvgIpc) is 2.98. The van der Waals surface area contributed by atoms with Crippen molar-refractivity contribution in [1.82, 2.24) is 0 Å². The summed E-state index contributed by atoms with van der Waals surface area (Å²) in [5, 5.41) is 2.46. The van der Waals surface area contributed by atoms with Crippen molar-refractivity contribution in [3.63, 3.8) is 0 Å². The predicted octanol–water partition coefficient (Wildman–Crippen LogP) is 3.39. The Balaban J connectivity index is 2.15. The highest BCUT2D eigenvalue weighted by Crippen LogP contribution is 2.27. The number of nitrogens with one attached hydrogen (secondary N) is 1. The smallest absolute Gasteiger partial charge is 0.387 e. The van der Waals surface area contributed by atoms with Crippen LogP contribution < -0.4 is 10.1 Å². The van der Waals surface area contributed by atoms with Crippen LogP contribution >= 0.6 is 11.3 Å². The molecule has 1 aromatic heterocycles. The third-order valence-corrected chi connectivity index (χ3v) is 3.63. The Labute approximate surface area is 128 Å². The van der Waals surface area contributed by atoms with E-state index in [1.165, 1.54) is 37.4 Å².